The quantitative estimate of drug-likeness (QED) is 0.788. The maximum Gasteiger partial charge on any atom is 0.419 e. The van der Waals surface area contributed by atoms with Gasteiger partial charge < -0.3 is 10.2 Å². The molecule has 21 heavy (non-hydrogen) atoms. The minimum Gasteiger partial charge on any atom is -0.408 e. The van der Waals surface area contributed by atoms with Gasteiger partial charge in [0.1, 0.15) is 0 Å². The summed E-state index contributed by atoms with van der Waals surface area (Å²) in [5.41, 5.74) is 7.53. The molecule has 2 aromatic carbocycles. The second-order valence-electron chi connectivity index (χ2n) is 4.77. The van der Waals surface area contributed by atoms with E-state index in [0.29, 0.717) is 16.7 Å². The minimum absolute atomic E-state index is 0.0487. The zero-order valence-electron chi connectivity index (χ0n) is 11.1. The predicted molar refractivity (Wildman–Crippen MR) is 73.8 cm³/mol. The Morgan fingerprint density at radius 2 is 2.00 bits per heavy atom. The summed E-state index contributed by atoms with van der Waals surface area (Å²) in [7, 11) is 1.58. The summed E-state index contributed by atoms with van der Waals surface area (Å²) in [4.78, 5) is 11.4. The average molecular weight is 290 g/mol. The molecular weight excluding hydrogens is 278 g/mol. The summed E-state index contributed by atoms with van der Waals surface area (Å²) in [6.07, 6.45) is 0. The highest BCUT2D eigenvalue weighted by molar-refractivity contribution is 5.74. The van der Waals surface area contributed by atoms with Gasteiger partial charge in [0.25, 0.3) is 0 Å². The van der Waals surface area contributed by atoms with E-state index < -0.39 is 23.4 Å². The lowest BCUT2D eigenvalue weighted by atomic mass is 9.98. The SMILES string of the molecule is Cn1c(=O)oc2cc(C(N)c3cccc(F)c3F)ccc21. The zero-order valence-corrected chi connectivity index (χ0v) is 11.1. The number of nitrogens with two attached hydrogens (primary N) is 1. The van der Waals surface area contributed by atoms with Gasteiger partial charge in [-0.2, -0.15) is 0 Å². The standard InChI is InChI=1S/C15H12F2N2O2/c1-19-11-6-5-8(7-12(11)21-15(19)20)14(18)9-3-2-4-10(16)13(9)17/h2-7,14H,18H2,1H3. The van der Waals surface area contributed by atoms with Crippen LogP contribution in [0.2, 0.25) is 0 Å². The first-order chi connectivity index (χ1) is 9.99. The first-order valence-electron chi connectivity index (χ1n) is 6.28. The van der Waals surface area contributed by atoms with Crippen LogP contribution in [0.15, 0.2) is 45.6 Å². The van der Waals surface area contributed by atoms with Crippen molar-refractivity contribution in [1.29, 1.82) is 0 Å². The van der Waals surface area contributed by atoms with E-state index in [1.807, 2.05) is 0 Å². The van der Waals surface area contributed by atoms with Gasteiger partial charge in [-0.1, -0.05) is 18.2 Å². The Bertz CT molecular complexity index is 883. The summed E-state index contributed by atoms with van der Waals surface area (Å²) in [6.45, 7) is 0. The molecule has 1 aromatic heterocycles. The van der Waals surface area contributed by atoms with Gasteiger partial charge in [0.2, 0.25) is 0 Å². The first kappa shape index (κ1) is 13.5. The maximum absolute atomic E-state index is 13.8. The number of oxazole rings is 1. The number of fused-ring (bicyclic) bond motifs is 1. The summed E-state index contributed by atoms with van der Waals surface area (Å²) in [5, 5.41) is 0. The molecule has 0 aliphatic carbocycles. The molecule has 0 bridgehead atoms. The van der Waals surface area contributed by atoms with Crippen LogP contribution in [0.3, 0.4) is 0 Å². The van der Waals surface area contributed by atoms with E-state index in [2.05, 4.69) is 0 Å². The highest BCUT2D eigenvalue weighted by Gasteiger charge is 2.17. The van der Waals surface area contributed by atoms with Crippen molar-refractivity contribution in [2.24, 2.45) is 12.8 Å². The Hall–Kier alpha value is -2.47. The molecule has 0 radical (unpaired) electrons. The monoisotopic (exact) mass is 290 g/mol. The Kier molecular flexibility index (Phi) is 3.10. The molecule has 0 aliphatic rings. The highest BCUT2D eigenvalue weighted by atomic mass is 19.2. The van der Waals surface area contributed by atoms with Gasteiger partial charge in [-0.3, -0.25) is 4.57 Å². The molecule has 4 nitrogen and oxygen atoms in total. The third-order valence-corrected chi connectivity index (χ3v) is 3.49. The molecule has 1 heterocycles. The lowest BCUT2D eigenvalue weighted by Crippen LogP contribution is -2.14. The van der Waals surface area contributed by atoms with Crippen LogP contribution in [0.1, 0.15) is 17.2 Å². The Labute approximate surface area is 118 Å². The van der Waals surface area contributed by atoms with Crippen LogP contribution in [0.25, 0.3) is 11.1 Å². The highest BCUT2D eigenvalue weighted by Crippen LogP contribution is 2.26. The van der Waals surface area contributed by atoms with Crippen molar-refractivity contribution in [2.45, 2.75) is 6.04 Å². The van der Waals surface area contributed by atoms with Crippen molar-refractivity contribution < 1.29 is 13.2 Å². The number of aryl methyl sites for hydroxylation is 1. The summed E-state index contributed by atoms with van der Waals surface area (Å²) >= 11 is 0. The molecule has 0 aliphatic heterocycles. The van der Waals surface area contributed by atoms with Crippen LogP contribution in [-0.2, 0) is 7.05 Å². The van der Waals surface area contributed by atoms with Crippen LogP contribution >= 0.6 is 0 Å². The van der Waals surface area contributed by atoms with Crippen molar-refractivity contribution in [3.63, 3.8) is 0 Å². The van der Waals surface area contributed by atoms with Crippen molar-refractivity contribution >= 4 is 11.1 Å². The van der Waals surface area contributed by atoms with E-state index in [1.54, 1.807) is 25.2 Å². The van der Waals surface area contributed by atoms with Gasteiger partial charge in [0.15, 0.2) is 17.2 Å². The largest absolute Gasteiger partial charge is 0.419 e. The molecule has 3 rings (SSSR count). The summed E-state index contributed by atoms with van der Waals surface area (Å²) in [6, 6.07) is 7.88. The molecule has 0 saturated carbocycles. The van der Waals surface area contributed by atoms with E-state index in [0.717, 1.165) is 6.07 Å². The van der Waals surface area contributed by atoms with Gasteiger partial charge in [-0.05, 0) is 23.8 Å². The van der Waals surface area contributed by atoms with Crippen molar-refractivity contribution in [3.8, 4) is 0 Å². The molecular formula is C15H12F2N2O2. The molecule has 1 unspecified atom stereocenters. The van der Waals surface area contributed by atoms with Crippen molar-refractivity contribution in [2.75, 3.05) is 0 Å². The Morgan fingerprint density at radius 1 is 1.24 bits per heavy atom. The van der Waals surface area contributed by atoms with E-state index in [1.165, 1.54) is 16.7 Å². The van der Waals surface area contributed by atoms with Crippen LogP contribution in [-0.4, -0.2) is 4.57 Å². The molecule has 108 valence electrons. The fourth-order valence-electron chi connectivity index (χ4n) is 2.28. The zero-order chi connectivity index (χ0) is 15.1. The van der Waals surface area contributed by atoms with Gasteiger partial charge in [0, 0.05) is 12.6 Å². The lowest BCUT2D eigenvalue weighted by molar-refractivity contribution is 0.494. The molecule has 1 atom stereocenters. The second-order valence-corrected chi connectivity index (χ2v) is 4.77. The summed E-state index contributed by atoms with van der Waals surface area (Å²) in [5.74, 6) is -2.41. The van der Waals surface area contributed by atoms with E-state index >= 15 is 0 Å². The third-order valence-electron chi connectivity index (χ3n) is 3.49. The van der Waals surface area contributed by atoms with E-state index in [-0.39, 0.29) is 5.56 Å². The number of nitrogens with zero attached hydrogens (tertiary/aromatic N) is 1. The maximum atomic E-state index is 13.8. The molecule has 6 heteroatoms. The summed E-state index contributed by atoms with van der Waals surface area (Å²) < 4.78 is 33.5. The molecule has 0 fully saturated rings. The minimum atomic E-state index is -0.973. The Balaban J connectivity index is 2.11. The smallest absolute Gasteiger partial charge is 0.408 e. The van der Waals surface area contributed by atoms with Crippen LogP contribution in [0.4, 0.5) is 8.78 Å². The van der Waals surface area contributed by atoms with Crippen LogP contribution < -0.4 is 11.5 Å². The first-order valence-corrected chi connectivity index (χ1v) is 6.28. The molecule has 0 amide bonds. The number of aromatic nitrogens is 1. The van der Waals surface area contributed by atoms with Crippen LogP contribution in [0.5, 0.6) is 0 Å². The van der Waals surface area contributed by atoms with Gasteiger partial charge in [0.05, 0.1) is 11.6 Å². The molecule has 3 aromatic rings. The van der Waals surface area contributed by atoms with Crippen LogP contribution in [0, 0.1) is 11.6 Å². The predicted octanol–water partition coefficient (Wildman–Crippen LogP) is 2.46. The topological polar surface area (TPSA) is 61.2 Å². The number of benzene rings is 2. The molecule has 0 spiro atoms. The van der Waals surface area contributed by atoms with Gasteiger partial charge in [-0.15, -0.1) is 0 Å². The van der Waals surface area contributed by atoms with Gasteiger partial charge >= 0.3 is 5.76 Å². The third kappa shape index (κ3) is 2.13. The van der Waals surface area contributed by atoms with E-state index in [4.69, 9.17) is 10.2 Å². The fraction of sp³-hybridized carbons (Fsp3) is 0.133. The van der Waals surface area contributed by atoms with Crippen molar-refractivity contribution in [1.82, 2.24) is 4.57 Å². The van der Waals surface area contributed by atoms with E-state index in [9.17, 15) is 13.6 Å². The normalized spacial score (nSPS) is 12.8. The number of rotatable bonds is 2. The molecule has 2 N–H and O–H groups in total. The number of hydrogen-bond acceptors (Lipinski definition) is 3. The average Bonchev–Trinajstić information content (AvgIpc) is 2.76. The number of hydrogen-bond donors (Lipinski definition) is 1. The fourth-order valence-corrected chi connectivity index (χ4v) is 2.28. The van der Waals surface area contributed by atoms with Gasteiger partial charge in [-0.25, -0.2) is 13.6 Å². The molecule has 0 saturated heterocycles. The number of halogens is 2. The van der Waals surface area contributed by atoms with Crippen molar-refractivity contribution in [3.05, 3.63) is 69.7 Å². The lowest BCUT2D eigenvalue weighted by Gasteiger charge is -2.13. The second kappa shape index (κ2) is 4.82. The Morgan fingerprint density at radius 3 is 2.76 bits per heavy atom.